The van der Waals surface area contributed by atoms with E-state index in [9.17, 15) is 4.79 Å². The van der Waals surface area contributed by atoms with E-state index in [1.165, 1.54) is 5.57 Å². The first-order valence-electron chi connectivity index (χ1n) is 5.95. The summed E-state index contributed by atoms with van der Waals surface area (Å²) in [5.74, 6) is 0.271. The molecule has 0 heterocycles. The monoisotopic (exact) mass is 219 g/mol. The van der Waals surface area contributed by atoms with Crippen molar-refractivity contribution in [2.24, 2.45) is 0 Å². The van der Waals surface area contributed by atoms with Crippen LogP contribution in [0, 0.1) is 0 Å². The predicted molar refractivity (Wildman–Crippen MR) is 68.4 cm³/mol. The topological polar surface area (TPSA) is 20.3 Å². The molecule has 0 saturated heterocycles. The molecule has 0 amide bonds. The Bertz CT molecular complexity index is 313. The highest BCUT2D eigenvalue weighted by Gasteiger charge is 2.06. The van der Waals surface area contributed by atoms with Crippen LogP contribution in [0.4, 0.5) is 0 Å². The van der Waals surface area contributed by atoms with E-state index < -0.39 is 0 Å². The van der Waals surface area contributed by atoms with Crippen molar-refractivity contribution < 1.29 is 4.79 Å². The van der Waals surface area contributed by atoms with Gasteiger partial charge in [0.25, 0.3) is 0 Å². The molecule has 0 atom stereocenters. The lowest BCUT2D eigenvalue weighted by molar-refractivity contribution is -0.117. The third-order valence-electron chi connectivity index (χ3n) is 2.72. The zero-order chi connectivity index (χ0) is 11.8. The van der Waals surface area contributed by atoms with Gasteiger partial charge in [0.15, 0.2) is 0 Å². The fraction of sp³-hybridized carbons (Fsp3) is 0.500. The standard InChI is InChI=1S/C14H21NO/c1-3-15(11-10-13(2)16)12-14-8-6-4-5-7-9-14/h4-8H,3,9-12H2,1-2H3. The minimum absolute atomic E-state index is 0.271. The molecule has 1 aliphatic rings. The van der Waals surface area contributed by atoms with Crippen LogP contribution in [0.5, 0.6) is 0 Å². The summed E-state index contributed by atoms with van der Waals surface area (Å²) in [6.45, 7) is 6.64. The van der Waals surface area contributed by atoms with Crippen molar-refractivity contribution in [2.45, 2.75) is 26.7 Å². The molecule has 0 unspecified atom stereocenters. The molecule has 0 aromatic rings. The van der Waals surface area contributed by atoms with Gasteiger partial charge in [-0.05, 0) is 19.9 Å². The molecular formula is C14H21NO. The number of carbonyl (C=O) groups excluding carboxylic acids is 1. The third kappa shape index (κ3) is 5.08. The van der Waals surface area contributed by atoms with E-state index in [1.54, 1.807) is 6.92 Å². The van der Waals surface area contributed by atoms with Gasteiger partial charge in [-0.3, -0.25) is 9.69 Å². The second-order valence-corrected chi connectivity index (χ2v) is 4.16. The summed E-state index contributed by atoms with van der Waals surface area (Å²) >= 11 is 0. The molecule has 0 fully saturated rings. The number of allylic oxidation sites excluding steroid dienone is 5. The highest BCUT2D eigenvalue weighted by molar-refractivity contribution is 5.75. The molecule has 0 aromatic heterocycles. The van der Waals surface area contributed by atoms with Gasteiger partial charge in [-0.15, -0.1) is 0 Å². The molecule has 0 spiro atoms. The minimum atomic E-state index is 0.271. The Morgan fingerprint density at radius 3 is 2.88 bits per heavy atom. The first-order chi connectivity index (χ1) is 7.72. The van der Waals surface area contributed by atoms with Crippen molar-refractivity contribution in [3.8, 4) is 0 Å². The predicted octanol–water partition coefficient (Wildman–Crippen LogP) is 2.73. The second kappa shape index (κ2) is 7.18. The number of carbonyl (C=O) groups is 1. The van der Waals surface area contributed by atoms with Crippen molar-refractivity contribution in [1.29, 1.82) is 0 Å². The number of ketones is 1. The largest absolute Gasteiger partial charge is 0.300 e. The molecule has 0 N–H and O–H groups in total. The lowest BCUT2D eigenvalue weighted by Crippen LogP contribution is -2.27. The zero-order valence-electron chi connectivity index (χ0n) is 10.3. The molecule has 2 nitrogen and oxygen atoms in total. The number of hydrogen-bond donors (Lipinski definition) is 0. The summed E-state index contributed by atoms with van der Waals surface area (Å²) in [5, 5.41) is 0. The summed E-state index contributed by atoms with van der Waals surface area (Å²) in [4.78, 5) is 13.3. The van der Waals surface area contributed by atoms with Crippen LogP contribution in [-0.2, 0) is 4.79 Å². The van der Waals surface area contributed by atoms with Gasteiger partial charge >= 0.3 is 0 Å². The van der Waals surface area contributed by atoms with E-state index in [4.69, 9.17) is 0 Å². The van der Waals surface area contributed by atoms with Crippen molar-refractivity contribution in [3.63, 3.8) is 0 Å². The van der Waals surface area contributed by atoms with Gasteiger partial charge < -0.3 is 0 Å². The van der Waals surface area contributed by atoms with Crippen molar-refractivity contribution in [2.75, 3.05) is 19.6 Å². The average molecular weight is 219 g/mol. The van der Waals surface area contributed by atoms with E-state index in [0.717, 1.165) is 26.1 Å². The SMILES string of the molecule is CCN(CCC(C)=O)CC1=CC=CC=CC1. The van der Waals surface area contributed by atoms with E-state index >= 15 is 0 Å². The van der Waals surface area contributed by atoms with E-state index in [2.05, 4.69) is 42.2 Å². The van der Waals surface area contributed by atoms with Gasteiger partial charge in [0, 0.05) is 19.5 Å². The molecule has 0 aliphatic heterocycles. The molecule has 0 saturated carbocycles. The van der Waals surface area contributed by atoms with Crippen LogP contribution in [0.25, 0.3) is 0 Å². The van der Waals surface area contributed by atoms with Crippen LogP contribution < -0.4 is 0 Å². The van der Waals surface area contributed by atoms with Crippen LogP contribution in [0.15, 0.2) is 36.0 Å². The lowest BCUT2D eigenvalue weighted by atomic mass is 10.1. The third-order valence-corrected chi connectivity index (χ3v) is 2.72. The Hall–Kier alpha value is -1.15. The normalized spacial score (nSPS) is 15.1. The van der Waals surface area contributed by atoms with Crippen LogP contribution in [-0.4, -0.2) is 30.3 Å². The fourth-order valence-electron chi connectivity index (χ4n) is 1.69. The smallest absolute Gasteiger partial charge is 0.131 e. The summed E-state index contributed by atoms with van der Waals surface area (Å²) in [6.07, 6.45) is 12.2. The quantitative estimate of drug-likeness (QED) is 0.684. The van der Waals surface area contributed by atoms with E-state index in [0.29, 0.717) is 6.42 Å². The minimum Gasteiger partial charge on any atom is -0.300 e. The maximum Gasteiger partial charge on any atom is 0.131 e. The Labute approximate surface area is 98.3 Å². The number of nitrogens with zero attached hydrogens (tertiary/aromatic N) is 1. The maximum atomic E-state index is 10.9. The lowest BCUT2D eigenvalue weighted by Gasteiger charge is -2.20. The van der Waals surface area contributed by atoms with E-state index in [1.807, 2.05) is 0 Å². The fourth-order valence-corrected chi connectivity index (χ4v) is 1.69. The van der Waals surface area contributed by atoms with Crippen molar-refractivity contribution in [3.05, 3.63) is 36.0 Å². The number of hydrogen-bond acceptors (Lipinski definition) is 2. The van der Waals surface area contributed by atoms with Crippen molar-refractivity contribution in [1.82, 2.24) is 4.90 Å². The Kier molecular flexibility index (Phi) is 5.79. The number of rotatable bonds is 6. The van der Waals surface area contributed by atoms with Gasteiger partial charge in [-0.2, -0.15) is 0 Å². The number of Topliss-reactive ketones (excluding diaryl/α,β-unsaturated/α-hetero) is 1. The summed E-state index contributed by atoms with van der Waals surface area (Å²) in [7, 11) is 0. The molecule has 1 rings (SSSR count). The zero-order valence-corrected chi connectivity index (χ0v) is 10.3. The molecule has 0 bridgehead atoms. The van der Waals surface area contributed by atoms with Gasteiger partial charge in [0.1, 0.15) is 5.78 Å². The molecule has 16 heavy (non-hydrogen) atoms. The van der Waals surface area contributed by atoms with Gasteiger partial charge in [-0.1, -0.05) is 42.9 Å². The number of likely N-dealkylation sites (N-methyl/N-ethyl adjacent to an activating group) is 1. The summed E-state index contributed by atoms with van der Waals surface area (Å²) in [5.41, 5.74) is 1.41. The van der Waals surface area contributed by atoms with Gasteiger partial charge in [0.05, 0.1) is 0 Å². The molecular weight excluding hydrogens is 198 g/mol. The summed E-state index contributed by atoms with van der Waals surface area (Å²) < 4.78 is 0. The van der Waals surface area contributed by atoms with Gasteiger partial charge in [0.2, 0.25) is 0 Å². The Balaban J connectivity index is 2.43. The van der Waals surface area contributed by atoms with Crippen LogP contribution in [0.1, 0.15) is 26.7 Å². The van der Waals surface area contributed by atoms with Gasteiger partial charge in [-0.25, -0.2) is 0 Å². The van der Waals surface area contributed by atoms with Crippen LogP contribution in [0.3, 0.4) is 0 Å². The van der Waals surface area contributed by atoms with Crippen LogP contribution in [0.2, 0.25) is 0 Å². The molecule has 0 radical (unpaired) electrons. The highest BCUT2D eigenvalue weighted by Crippen LogP contribution is 2.09. The molecule has 0 aromatic carbocycles. The molecule has 88 valence electrons. The first-order valence-corrected chi connectivity index (χ1v) is 5.95. The summed E-state index contributed by atoms with van der Waals surface area (Å²) in [6, 6.07) is 0. The average Bonchev–Trinajstić information content (AvgIpc) is 2.52. The maximum absolute atomic E-state index is 10.9. The first kappa shape index (κ1) is 12.9. The Morgan fingerprint density at radius 1 is 1.38 bits per heavy atom. The van der Waals surface area contributed by atoms with Crippen LogP contribution >= 0.6 is 0 Å². The van der Waals surface area contributed by atoms with Crippen molar-refractivity contribution >= 4 is 5.78 Å². The Morgan fingerprint density at radius 2 is 2.19 bits per heavy atom. The highest BCUT2D eigenvalue weighted by atomic mass is 16.1. The molecule has 2 heteroatoms. The molecule has 1 aliphatic carbocycles. The van der Waals surface area contributed by atoms with E-state index in [-0.39, 0.29) is 5.78 Å². The second-order valence-electron chi connectivity index (χ2n) is 4.16.